The quantitative estimate of drug-likeness (QED) is 0.545. The Balaban J connectivity index is 2.62. The van der Waals surface area contributed by atoms with Crippen molar-refractivity contribution in [2.75, 3.05) is 7.11 Å². The van der Waals surface area contributed by atoms with E-state index in [0.29, 0.717) is 16.5 Å². The zero-order chi connectivity index (χ0) is 14.9. The molecule has 0 radical (unpaired) electrons. The number of hydrogen-bond acceptors (Lipinski definition) is 1. The molecule has 0 heterocycles. The van der Waals surface area contributed by atoms with Crippen molar-refractivity contribution in [2.45, 2.75) is 17.2 Å². The molecular formula is C14H11BrF4O. The average molecular weight is 351 g/mol. The van der Waals surface area contributed by atoms with E-state index in [1.165, 1.54) is 19.2 Å². The molecule has 2 aromatic rings. The minimum atomic E-state index is -4.16. The fourth-order valence-corrected chi connectivity index (χ4v) is 2.61. The standard InChI is InChI=1S/C14H11BrF4O/c1-20-11-7-6-10(8-4-2-3-5-9(8)11)12(15)14(18,19)13(16)17/h2-7,12-13H,1H3. The van der Waals surface area contributed by atoms with Gasteiger partial charge in [0.25, 0.3) is 0 Å². The number of alkyl halides is 5. The lowest BCUT2D eigenvalue weighted by Gasteiger charge is -2.23. The first-order valence-corrected chi connectivity index (χ1v) is 6.66. The van der Waals surface area contributed by atoms with Gasteiger partial charge in [0, 0.05) is 5.39 Å². The van der Waals surface area contributed by atoms with E-state index in [-0.39, 0.29) is 5.56 Å². The number of methoxy groups -OCH3 is 1. The van der Waals surface area contributed by atoms with Crippen molar-refractivity contribution in [1.29, 1.82) is 0 Å². The Morgan fingerprint density at radius 3 is 2.20 bits per heavy atom. The van der Waals surface area contributed by atoms with E-state index >= 15 is 0 Å². The maximum Gasteiger partial charge on any atom is 0.323 e. The molecule has 0 aliphatic heterocycles. The highest BCUT2D eigenvalue weighted by atomic mass is 79.9. The summed E-state index contributed by atoms with van der Waals surface area (Å²) in [7, 11) is 1.46. The van der Waals surface area contributed by atoms with Crippen LogP contribution < -0.4 is 4.74 Å². The molecule has 2 aromatic carbocycles. The van der Waals surface area contributed by atoms with Crippen LogP contribution >= 0.6 is 15.9 Å². The first-order valence-electron chi connectivity index (χ1n) is 5.75. The number of benzene rings is 2. The van der Waals surface area contributed by atoms with Gasteiger partial charge in [-0.25, -0.2) is 8.78 Å². The highest BCUT2D eigenvalue weighted by Gasteiger charge is 2.48. The maximum absolute atomic E-state index is 13.5. The Labute approximate surface area is 121 Å². The van der Waals surface area contributed by atoms with Crippen LogP contribution in [0.25, 0.3) is 10.8 Å². The van der Waals surface area contributed by atoms with Crippen molar-refractivity contribution in [3.05, 3.63) is 42.0 Å². The number of hydrogen-bond donors (Lipinski definition) is 0. The average Bonchev–Trinajstić information content (AvgIpc) is 2.45. The lowest BCUT2D eigenvalue weighted by atomic mass is 9.98. The maximum atomic E-state index is 13.5. The van der Waals surface area contributed by atoms with Crippen LogP contribution in [0.1, 0.15) is 10.4 Å². The second-order valence-electron chi connectivity index (χ2n) is 4.24. The van der Waals surface area contributed by atoms with E-state index in [0.717, 1.165) is 0 Å². The van der Waals surface area contributed by atoms with Gasteiger partial charge in [0.2, 0.25) is 0 Å². The summed E-state index contributed by atoms with van der Waals surface area (Å²) in [6.07, 6.45) is -3.74. The van der Waals surface area contributed by atoms with Crippen molar-refractivity contribution in [1.82, 2.24) is 0 Å². The number of fused-ring (bicyclic) bond motifs is 1. The van der Waals surface area contributed by atoms with Crippen molar-refractivity contribution in [2.24, 2.45) is 0 Å². The van der Waals surface area contributed by atoms with Gasteiger partial charge in [0.15, 0.2) is 0 Å². The van der Waals surface area contributed by atoms with Crippen LogP contribution in [0.3, 0.4) is 0 Å². The van der Waals surface area contributed by atoms with Crippen molar-refractivity contribution < 1.29 is 22.3 Å². The molecule has 1 unspecified atom stereocenters. The van der Waals surface area contributed by atoms with Crippen LogP contribution in [0.4, 0.5) is 17.6 Å². The molecule has 0 N–H and O–H groups in total. The summed E-state index contributed by atoms with van der Waals surface area (Å²) >= 11 is 2.70. The normalized spacial score (nSPS) is 13.8. The van der Waals surface area contributed by atoms with E-state index in [1.807, 2.05) is 0 Å². The van der Waals surface area contributed by atoms with Crippen LogP contribution in [-0.4, -0.2) is 19.5 Å². The number of halogens is 5. The Hall–Kier alpha value is -1.30. The largest absolute Gasteiger partial charge is 0.496 e. The second-order valence-corrected chi connectivity index (χ2v) is 5.16. The third-order valence-electron chi connectivity index (χ3n) is 3.04. The molecule has 0 amide bonds. The van der Waals surface area contributed by atoms with E-state index in [2.05, 4.69) is 15.9 Å². The van der Waals surface area contributed by atoms with E-state index in [4.69, 9.17) is 4.74 Å². The predicted molar refractivity (Wildman–Crippen MR) is 73.1 cm³/mol. The summed E-state index contributed by atoms with van der Waals surface area (Å²) in [5, 5.41) is 1.05. The topological polar surface area (TPSA) is 9.23 Å². The Bertz CT molecular complexity index is 615. The van der Waals surface area contributed by atoms with Crippen molar-refractivity contribution in [3.63, 3.8) is 0 Å². The number of ether oxygens (including phenoxy) is 1. The summed E-state index contributed by atoms with van der Waals surface area (Å²) in [5.41, 5.74) is 0.103. The third kappa shape index (κ3) is 2.49. The van der Waals surface area contributed by atoms with Crippen LogP contribution in [0.2, 0.25) is 0 Å². The lowest BCUT2D eigenvalue weighted by Crippen LogP contribution is -2.31. The predicted octanol–water partition coefficient (Wildman–Crippen LogP) is 5.18. The molecule has 6 heteroatoms. The van der Waals surface area contributed by atoms with Gasteiger partial charge in [-0.1, -0.05) is 46.3 Å². The monoisotopic (exact) mass is 350 g/mol. The SMILES string of the molecule is COc1ccc(C(Br)C(F)(F)C(F)F)c2ccccc12. The first kappa shape index (κ1) is 15.1. The van der Waals surface area contributed by atoms with E-state index < -0.39 is 17.2 Å². The summed E-state index contributed by atoms with van der Waals surface area (Å²) in [4.78, 5) is -1.77. The van der Waals surface area contributed by atoms with Gasteiger partial charge in [-0.05, 0) is 17.0 Å². The highest BCUT2D eigenvalue weighted by Crippen LogP contribution is 2.45. The van der Waals surface area contributed by atoms with Gasteiger partial charge >= 0.3 is 12.3 Å². The molecule has 2 rings (SSSR count). The molecule has 108 valence electrons. The highest BCUT2D eigenvalue weighted by molar-refractivity contribution is 9.09. The van der Waals surface area contributed by atoms with Crippen molar-refractivity contribution in [3.8, 4) is 5.75 Å². The molecule has 0 spiro atoms. The molecule has 1 atom stereocenters. The van der Waals surface area contributed by atoms with Gasteiger partial charge in [-0.2, -0.15) is 8.78 Å². The number of rotatable bonds is 4. The second kappa shape index (κ2) is 5.60. The van der Waals surface area contributed by atoms with Crippen LogP contribution in [0.5, 0.6) is 5.75 Å². The first-order chi connectivity index (χ1) is 9.39. The minimum Gasteiger partial charge on any atom is -0.496 e. The minimum absolute atomic E-state index is 0.103. The van der Waals surface area contributed by atoms with Crippen molar-refractivity contribution >= 4 is 26.7 Å². The Morgan fingerprint density at radius 2 is 1.65 bits per heavy atom. The Kier molecular flexibility index (Phi) is 4.22. The third-order valence-corrected chi connectivity index (χ3v) is 4.14. The van der Waals surface area contributed by atoms with E-state index in [1.54, 1.807) is 24.3 Å². The summed E-state index contributed by atoms with van der Waals surface area (Å²) in [5.74, 6) is -3.65. The molecule has 0 fully saturated rings. The van der Waals surface area contributed by atoms with Gasteiger partial charge in [0.1, 0.15) is 10.6 Å². The molecule has 0 saturated heterocycles. The summed E-state index contributed by atoms with van der Waals surface area (Å²) in [6, 6.07) is 9.54. The molecule has 0 bridgehead atoms. The molecule has 1 nitrogen and oxygen atoms in total. The van der Waals surface area contributed by atoms with Gasteiger partial charge in [-0.15, -0.1) is 0 Å². The zero-order valence-electron chi connectivity index (χ0n) is 10.4. The van der Waals surface area contributed by atoms with Gasteiger partial charge in [0.05, 0.1) is 7.11 Å². The molecule has 0 aromatic heterocycles. The summed E-state index contributed by atoms with van der Waals surface area (Å²) < 4.78 is 57.1. The van der Waals surface area contributed by atoms with E-state index in [9.17, 15) is 17.6 Å². The smallest absolute Gasteiger partial charge is 0.323 e. The molecular weight excluding hydrogens is 340 g/mol. The molecule has 0 saturated carbocycles. The Morgan fingerprint density at radius 1 is 1.05 bits per heavy atom. The van der Waals surface area contributed by atoms with Crippen LogP contribution in [0.15, 0.2) is 36.4 Å². The molecule has 20 heavy (non-hydrogen) atoms. The van der Waals surface area contributed by atoms with Gasteiger partial charge < -0.3 is 4.74 Å². The van der Waals surface area contributed by atoms with Crippen LogP contribution in [0, 0.1) is 0 Å². The molecule has 0 aliphatic carbocycles. The van der Waals surface area contributed by atoms with Gasteiger partial charge in [-0.3, -0.25) is 0 Å². The van der Waals surface area contributed by atoms with Crippen LogP contribution in [-0.2, 0) is 0 Å². The molecule has 0 aliphatic rings. The fraction of sp³-hybridized carbons (Fsp3) is 0.286. The lowest BCUT2D eigenvalue weighted by molar-refractivity contribution is -0.127. The summed E-state index contributed by atoms with van der Waals surface area (Å²) in [6.45, 7) is 0. The fourth-order valence-electron chi connectivity index (χ4n) is 2.01. The zero-order valence-corrected chi connectivity index (χ0v) is 12.0.